The average Bonchev–Trinajstić information content (AvgIpc) is 3.17. The lowest BCUT2D eigenvalue weighted by Gasteiger charge is -2.15. The first-order valence-corrected chi connectivity index (χ1v) is 7.55. The molecular formula is C13H14N6O2S. The van der Waals surface area contributed by atoms with Gasteiger partial charge in [0.15, 0.2) is 5.01 Å². The number of nitrogens with zero attached hydrogens (tertiary/aromatic N) is 4. The highest BCUT2D eigenvalue weighted by molar-refractivity contribution is 7.18. The number of urea groups is 1. The molecule has 8 nitrogen and oxygen atoms in total. The van der Waals surface area contributed by atoms with Gasteiger partial charge in [-0.3, -0.25) is 15.1 Å². The molecule has 3 amide bonds. The Labute approximate surface area is 130 Å². The van der Waals surface area contributed by atoms with E-state index in [9.17, 15) is 9.59 Å². The fourth-order valence-electron chi connectivity index (χ4n) is 2.21. The van der Waals surface area contributed by atoms with E-state index in [2.05, 4.69) is 20.5 Å². The van der Waals surface area contributed by atoms with Crippen molar-refractivity contribution in [2.75, 3.05) is 18.4 Å². The number of likely N-dealkylation sites (tertiary alicyclic amines) is 1. The van der Waals surface area contributed by atoms with Crippen LogP contribution in [0.25, 0.3) is 10.7 Å². The monoisotopic (exact) mass is 318 g/mol. The first-order valence-electron chi connectivity index (χ1n) is 6.73. The fourth-order valence-corrected chi connectivity index (χ4v) is 2.92. The predicted molar refractivity (Wildman–Crippen MR) is 81.0 cm³/mol. The Morgan fingerprint density at radius 2 is 2.23 bits per heavy atom. The molecule has 9 heteroatoms. The minimum Gasteiger partial charge on any atom is -0.369 e. The van der Waals surface area contributed by atoms with Gasteiger partial charge in [0, 0.05) is 19.3 Å². The van der Waals surface area contributed by atoms with Crippen LogP contribution in [0, 0.1) is 5.92 Å². The van der Waals surface area contributed by atoms with E-state index in [1.54, 1.807) is 11.1 Å². The Kier molecular flexibility index (Phi) is 3.96. The summed E-state index contributed by atoms with van der Waals surface area (Å²) in [4.78, 5) is 29.0. The van der Waals surface area contributed by atoms with Crippen molar-refractivity contribution in [3.63, 3.8) is 0 Å². The van der Waals surface area contributed by atoms with Crippen LogP contribution < -0.4 is 11.1 Å². The van der Waals surface area contributed by atoms with Crippen LogP contribution in [0.4, 0.5) is 9.93 Å². The maximum Gasteiger partial charge on any atom is 0.323 e. The molecule has 1 atom stereocenters. The minimum absolute atomic E-state index is 0.274. The molecule has 0 radical (unpaired) electrons. The zero-order chi connectivity index (χ0) is 15.5. The van der Waals surface area contributed by atoms with Crippen molar-refractivity contribution in [1.29, 1.82) is 0 Å². The molecule has 0 aliphatic carbocycles. The molecule has 2 aromatic rings. The number of anilines is 1. The van der Waals surface area contributed by atoms with E-state index < -0.39 is 0 Å². The molecule has 3 heterocycles. The van der Waals surface area contributed by atoms with Crippen molar-refractivity contribution in [2.45, 2.75) is 6.42 Å². The average molecular weight is 318 g/mol. The van der Waals surface area contributed by atoms with Gasteiger partial charge < -0.3 is 10.6 Å². The molecule has 2 aromatic heterocycles. The third-order valence-corrected chi connectivity index (χ3v) is 4.26. The van der Waals surface area contributed by atoms with E-state index >= 15 is 0 Å². The summed E-state index contributed by atoms with van der Waals surface area (Å²) in [6, 6.07) is 5.20. The third-order valence-electron chi connectivity index (χ3n) is 3.40. The number of nitrogens with one attached hydrogen (secondary N) is 1. The van der Waals surface area contributed by atoms with Crippen molar-refractivity contribution in [2.24, 2.45) is 11.7 Å². The Balaban J connectivity index is 1.63. The van der Waals surface area contributed by atoms with E-state index in [1.165, 1.54) is 11.3 Å². The number of carbonyl (C=O) groups is 2. The lowest BCUT2D eigenvalue weighted by atomic mass is 10.1. The Bertz CT molecular complexity index is 689. The van der Waals surface area contributed by atoms with Gasteiger partial charge in [-0.1, -0.05) is 17.4 Å². The lowest BCUT2D eigenvalue weighted by Crippen LogP contribution is -2.34. The van der Waals surface area contributed by atoms with Crippen LogP contribution >= 0.6 is 11.3 Å². The Morgan fingerprint density at radius 3 is 2.91 bits per heavy atom. The van der Waals surface area contributed by atoms with Gasteiger partial charge in [0.2, 0.25) is 11.0 Å². The number of primary amides is 1. The number of hydrogen-bond donors (Lipinski definition) is 2. The second-order valence-electron chi connectivity index (χ2n) is 4.89. The molecule has 1 aliphatic rings. The van der Waals surface area contributed by atoms with Crippen molar-refractivity contribution in [3.8, 4) is 10.7 Å². The molecule has 22 heavy (non-hydrogen) atoms. The molecule has 0 bridgehead atoms. The van der Waals surface area contributed by atoms with Gasteiger partial charge >= 0.3 is 6.03 Å². The molecule has 3 N–H and O–H groups in total. The number of nitrogens with two attached hydrogens (primary N) is 1. The van der Waals surface area contributed by atoms with Crippen molar-refractivity contribution >= 4 is 28.4 Å². The molecule has 114 valence electrons. The zero-order valence-electron chi connectivity index (χ0n) is 11.6. The van der Waals surface area contributed by atoms with E-state index in [0.29, 0.717) is 35.3 Å². The second-order valence-corrected chi connectivity index (χ2v) is 5.87. The number of hydrogen-bond acceptors (Lipinski definition) is 6. The van der Waals surface area contributed by atoms with Crippen LogP contribution in [0.2, 0.25) is 0 Å². The van der Waals surface area contributed by atoms with Gasteiger partial charge in [0.05, 0.1) is 5.92 Å². The molecule has 0 saturated carbocycles. The molecule has 3 rings (SSSR count). The summed E-state index contributed by atoms with van der Waals surface area (Å²) in [6.07, 6.45) is 2.27. The highest BCUT2D eigenvalue weighted by Crippen LogP contribution is 2.25. The van der Waals surface area contributed by atoms with Crippen molar-refractivity contribution in [3.05, 3.63) is 24.4 Å². The molecule has 1 fully saturated rings. The topological polar surface area (TPSA) is 114 Å². The maximum atomic E-state index is 12.1. The highest BCUT2D eigenvalue weighted by Gasteiger charge is 2.30. The number of rotatable bonds is 3. The van der Waals surface area contributed by atoms with Gasteiger partial charge in [-0.2, -0.15) is 0 Å². The van der Waals surface area contributed by atoms with Gasteiger partial charge in [-0.15, -0.1) is 10.2 Å². The van der Waals surface area contributed by atoms with E-state index in [-0.39, 0.29) is 17.9 Å². The first-order chi connectivity index (χ1) is 10.6. The molecule has 0 unspecified atom stereocenters. The first kappa shape index (κ1) is 14.4. The maximum absolute atomic E-state index is 12.1. The minimum atomic E-state index is -0.372. The van der Waals surface area contributed by atoms with Crippen LogP contribution in [0.3, 0.4) is 0 Å². The summed E-state index contributed by atoms with van der Waals surface area (Å²) in [7, 11) is 0. The molecule has 0 spiro atoms. The quantitative estimate of drug-likeness (QED) is 0.874. The fraction of sp³-hybridized carbons (Fsp3) is 0.308. The molecular weight excluding hydrogens is 304 g/mol. The number of amides is 3. The van der Waals surface area contributed by atoms with E-state index in [1.807, 2.05) is 18.2 Å². The van der Waals surface area contributed by atoms with Gasteiger partial charge in [-0.05, 0) is 18.6 Å². The zero-order valence-corrected chi connectivity index (χ0v) is 12.4. The molecule has 1 saturated heterocycles. The normalized spacial score (nSPS) is 17.5. The van der Waals surface area contributed by atoms with Gasteiger partial charge in [0.1, 0.15) is 5.69 Å². The number of aromatic nitrogens is 3. The smallest absolute Gasteiger partial charge is 0.323 e. The van der Waals surface area contributed by atoms with Crippen molar-refractivity contribution < 1.29 is 9.59 Å². The Hall–Kier alpha value is -2.55. The molecule has 1 aliphatic heterocycles. The largest absolute Gasteiger partial charge is 0.369 e. The summed E-state index contributed by atoms with van der Waals surface area (Å²) >= 11 is 1.25. The summed E-state index contributed by atoms with van der Waals surface area (Å²) < 4.78 is 0. The second kappa shape index (κ2) is 6.06. The summed E-state index contributed by atoms with van der Waals surface area (Å²) in [5.74, 6) is -0.645. The summed E-state index contributed by atoms with van der Waals surface area (Å²) in [5, 5.41) is 11.7. The van der Waals surface area contributed by atoms with Gasteiger partial charge in [0.25, 0.3) is 0 Å². The Morgan fingerprint density at radius 1 is 1.36 bits per heavy atom. The van der Waals surface area contributed by atoms with Crippen LogP contribution in [0.15, 0.2) is 24.4 Å². The van der Waals surface area contributed by atoms with Crippen LogP contribution in [0.5, 0.6) is 0 Å². The summed E-state index contributed by atoms with van der Waals surface area (Å²) in [5.41, 5.74) is 5.96. The summed E-state index contributed by atoms with van der Waals surface area (Å²) in [6.45, 7) is 0.846. The standard InChI is InChI=1S/C13H14N6O2S/c14-10(20)8-4-6-19(7-8)13(21)16-12-18-17-11(22-12)9-3-1-2-5-15-9/h1-3,5,8H,4,6-7H2,(H2,14,20)(H,16,18,21)/t8-/m0/s1. The predicted octanol–water partition coefficient (Wildman–Crippen LogP) is 0.939. The van der Waals surface area contributed by atoms with Gasteiger partial charge in [-0.25, -0.2) is 4.79 Å². The number of carbonyl (C=O) groups excluding carboxylic acids is 2. The van der Waals surface area contributed by atoms with Crippen LogP contribution in [-0.4, -0.2) is 45.1 Å². The highest BCUT2D eigenvalue weighted by atomic mass is 32.1. The SMILES string of the molecule is NC(=O)[C@H]1CCN(C(=O)Nc2nnc(-c3ccccn3)s2)C1. The van der Waals surface area contributed by atoms with E-state index in [4.69, 9.17) is 5.73 Å². The van der Waals surface area contributed by atoms with Crippen LogP contribution in [0.1, 0.15) is 6.42 Å². The van der Waals surface area contributed by atoms with Crippen LogP contribution in [-0.2, 0) is 4.79 Å². The molecule has 0 aromatic carbocycles. The third kappa shape index (κ3) is 3.03. The lowest BCUT2D eigenvalue weighted by molar-refractivity contribution is -0.121. The van der Waals surface area contributed by atoms with Crippen molar-refractivity contribution in [1.82, 2.24) is 20.1 Å². The number of pyridine rings is 1. The van der Waals surface area contributed by atoms with E-state index in [0.717, 1.165) is 0 Å².